The van der Waals surface area contributed by atoms with Crippen molar-refractivity contribution in [2.75, 3.05) is 13.1 Å². The second-order valence-electron chi connectivity index (χ2n) is 4.91. The van der Waals surface area contributed by atoms with Gasteiger partial charge in [-0.15, -0.1) is 0 Å². The smallest absolute Gasteiger partial charge is 0.320 e. The zero-order chi connectivity index (χ0) is 12.0. The fourth-order valence-corrected chi connectivity index (χ4v) is 2.70. The average molecular weight is 227 g/mol. The molecule has 0 radical (unpaired) electrons. The molecule has 1 unspecified atom stereocenters. The Morgan fingerprint density at radius 3 is 2.38 bits per heavy atom. The lowest BCUT2D eigenvalue weighted by Crippen LogP contribution is -2.45. The van der Waals surface area contributed by atoms with Crippen LogP contribution in [-0.2, 0) is 4.79 Å². The molecule has 0 spiro atoms. The van der Waals surface area contributed by atoms with E-state index in [0.717, 1.165) is 31.8 Å². The molecule has 1 saturated heterocycles. The van der Waals surface area contributed by atoms with Gasteiger partial charge in [0.25, 0.3) is 0 Å². The largest absolute Gasteiger partial charge is 0.480 e. The van der Waals surface area contributed by atoms with Gasteiger partial charge >= 0.3 is 5.97 Å². The van der Waals surface area contributed by atoms with E-state index in [4.69, 9.17) is 0 Å². The van der Waals surface area contributed by atoms with Gasteiger partial charge < -0.3 is 5.11 Å². The first-order chi connectivity index (χ1) is 7.69. The monoisotopic (exact) mass is 227 g/mol. The van der Waals surface area contributed by atoms with Crippen molar-refractivity contribution in [1.29, 1.82) is 0 Å². The van der Waals surface area contributed by atoms with Crippen molar-refractivity contribution in [3.8, 4) is 0 Å². The minimum Gasteiger partial charge on any atom is -0.480 e. The number of nitrogens with zero attached hydrogens (tertiary/aromatic N) is 1. The van der Waals surface area contributed by atoms with Crippen molar-refractivity contribution in [3.63, 3.8) is 0 Å². The molecule has 1 rings (SSSR count). The quantitative estimate of drug-likeness (QED) is 0.758. The van der Waals surface area contributed by atoms with Crippen molar-refractivity contribution >= 4 is 5.97 Å². The van der Waals surface area contributed by atoms with Crippen LogP contribution < -0.4 is 0 Å². The number of carbonyl (C=O) groups is 1. The molecular formula is C13H25NO2. The Hall–Kier alpha value is -0.570. The number of carboxylic acid groups (broad SMARTS) is 1. The number of hydrogen-bond acceptors (Lipinski definition) is 2. The fraction of sp³-hybridized carbons (Fsp3) is 0.923. The van der Waals surface area contributed by atoms with E-state index in [2.05, 4.69) is 18.7 Å². The summed E-state index contributed by atoms with van der Waals surface area (Å²) >= 11 is 0. The van der Waals surface area contributed by atoms with Crippen LogP contribution in [0.3, 0.4) is 0 Å². The molecule has 0 amide bonds. The van der Waals surface area contributed by atoms with E-state index in [9.17, 15) is 9.90 Å². The first-order valence-electron chi connectivity index (χ1n) is 6.65. The molecule has 16 heavy (non-hydrogen) atoms. The minimum absolute atomic E-state index is 0.243. The molecule has 1 fully saturated rings. The van der Waals surface area contributed by atoms with Gasteiger partial charge in [0, 0.05) is 0 Å². The van der Waals surface area contributed by atoms with Gasteiger partial charge in [-0.05, 0) is 38.3 Å². The van der Waals surface area contributed by atoms with Crippen LogP contribution >= 0.6 is 0 Å². The first kappa shape index (κ1) is 13.5. The van der Waals surface area contributed by atoms with Crippen molar-refractivity contribution in [1.82, 2.24) is 4.90 Å². The lowest BCUT2D eigenvalue weighted by Gasteiger charge is -2.35. The summed E-state index contributed by atoms with van der Waals surface area (Å²) < 4.78 is 0. The minimum atomic E-state index is -0.643. The normalized spacial score (nSPS) is 20.9. The van der Waals surface area contributed by atoms with E-state index in [-0.39, 0.29) is 6.04 Å². The van der Waals surface area contributed by atoms with Crippen LogP contribution in [0.4, 0.5) is 0 Å². The number of piperidine rings is 1. The predicted octanol–water partition coefficient (Wildman–Crippen LogP) is 2.75. The maximum absolute atomic E-state index is 11.2. The second kappa shape index (κ2) is 6.89. The zero-order valence-corrected chi connectivity index (χ0v) is 10.6. The molecule has 1 heterocycles. The van der Waals surface area contributed by atoms with E-state index in [1.54, 1.807) is 0 Å². The molecule has 1 aliphatic rings. The molecule has 0 aliphatic carbocycles. The third-order valence-electron chi connectivity index (χ3n) is 3.63. The van der Waals surface area contributed by atoms with E-state index < -0.39 is 5.97 Å². The summed E-state index contributed by atoms with van der Waals surface area (Å²) in [5.74, 6) is 0.188. The highest BCUT2D eigenvalue weighted by molar-refractivity contribution is 5.73. The van der Waals surface area contributed by atoms with Crippen LogP contribution in [0.25, 0.3) is 0 Å². The predicted molar refractivity (Wildman–Crippen MR) is 65.5 cm³/mol. The van der Waals surface area contributed by atoms with E-state index in [1.807, 2.05) is 0 Å². The van der Waals surface area contributed by atoms with E-state index in [1.165, 1.54) is 25.7 Å². The van der Waals surface area contributed by atoms with Crippen LogP contribution in [0, 0.1) is 5.92 Å². The number of rotatable bonds is 6. The number of hydrogen-bond donors (Lipinski definition) is 1. The van der Waals surface area contributed by atoms with Crippen molar-refractivity contribution in [2.24, 2.45) is 5.92 Å². The topological polar surface area (TPSA) is 40.5 Å². The van der Waals surface area contributed by atoms with Gasteiger partial charge in [-0.3, -0.25) is 9.69 Å². The Morgan fingerprint density at radius 1 is 1.31 bits per heavy atom. The fourth-order valence-electron chi connectivity index (χ4n) is 2.70. The molecular weight excluding hydrogens is 202 g/mol. The molecule has 3 heteroatoms. The molecule has 1 aliphatic heterocycles. The molecule has 0 aromatic heterocycles. The van der Waals surface area contributed by atoms with Crippen LogP contribution in [-0.4, -0.2) is 35.1 Å². The van der Waals surface area contributed by atoms with Gasteiger partial charge in [0.2, 0.25) is 0 Å². The summed E-state index contributed by atoms with van der Waals surface area (Å²) in [6.45, 7) is 6.23. The van der Waals surface area contributed by atoms with Gasteiger partial charge in [-0.25, -0.2) is 0 Å². The van der Waals surface area contributed by atoms with Gasteiger partial charge in [0.15, 0.2) is 0 Å². The van der Waals surface area contributed by atoms with Crippen molar-refractivity contribution in [2.45, 2.75) is 58.4 Å². The maximum atomic E-state index is 11.2. The van der Waals surface area contributed by atoms with Crippen LogP contribution in [0.2, 0.25) is 0 Å². The summed E-state index contributed by atoms with van der Waals surface area (Å²) in [7, 11) is 0. The lowest BCUT2D eigenvalue weighted by molar-refractivity contribution is -0.144. The molecule has 0 saturated carbocycles. The zero-order valence-electron chi connectivity index (χ0n) is 10.6. The first-order valence-corrected chi connectivity index (χ1v) is 6.65. The highest BCUT2D eigenvalue weighted by Gasteiger charge is 2.28. The Balaban J connectivity index is 2.41. The average Bonchev–Trinajstić information content (AvgIpc) is 2.27. The summed E-state index contributed by atoms with van der Waals surface area (Å²) in [4.78, 5) is 13.3. The Labute approximate surface area is 98.8 Å². The third-order valence-corrected chi connectivity index (χ3v) is 3.63. The van der Waals surface area contributed by atoms with E-state index in [0.29, 0.717) is 0 Å². The number of likely N-dealkylation sites (tertiary alicyclic amines) is 1. The Kier molecular flexibility index (Phi) is 5.81. The summed E-state index contributed by atoms with van der Waals surface area (Å²) in [5, 5.41) is 9.18. The Morgan fingerprint density at radius 2 is 1.94 bits per heavy atom. The summed E-state index contributed by atoms with van der Waals surface area (Å²) in [6, 6.07) is -0.243. The highest BCUT2D eigenvalue weighted by atomic mass is 16.4. The third kappa shape index (κ3) is 3.78. The lowest BCUT2D eigenvalue weighted by atomic mass is 9.91. The Bertz CT molecular complexity index is 210. The SMILES string of the molecule is CCCC1CCN(C(CCC)C(=O)O)CC1. The molecule has 0 bridgehead atoms. The van der Waals surface area contributed by atoms with Gasteiger partial charge in [-0.1, -0.05) is 33.1 Å². The van der Waals surface area contributed by atoms with Crippen LogP contribution in [0.15, 0.2) is 0 Å². The van der Waals surface area contributed by atoms with Gasteiger partial charge in [0.1, 0.15) is 6.04 Å². The molecule has 94 valence electrons. The molecule has 0 aromatic rings. The molecule has 0 aromatic carbocycles. The molecule has 1 N–H and O–H groups in total. The summed E-state index contributed by atoms with van der Waals surface area (Å²) in [6.07, 6.45) is 6.66. The van der Waals surface area contributed by atoms with Crippen molar-refractivity contribution < 1.29 is 9.90 Å². The van der Waals surface area contributed by atoms with Crippen molar-refractivity contribution in [3.05, 3.63) is 0 Å². The van der Waals surface area contributed by atoms with Crippen LogP contribution in [0.1, 0.15) is 52.4 Å². The number of carboxylic acids is 1. The highest BCUT2D eigenvalue weighted by Crippen LogP contribution is 2.24. The number of aliphatic carboxylic acids is 1. The summed E-state index contributed by atoms with van der Waals surface area (Å²) in [5.41, 5.74) is 0. The maximum Gasteiger partial charge on any atom is 0.320 e. The molecule has 3 nitrogen and oxygen atoms in total. The van der Waals surface area contributed by atoms with Gasteiger partial charge in [0.05, 0.1) is 0 Å². The van der Waals surface area contributed by atoms with E-state index >= 15 is 0 Å². The van der Waals surface area contributed by atoms with Crippen LogP contribution in [0.5, 0.6) is 0 Å². The standard InChI is InChI=1S/C13H25NO2/c1-3-5-11-7-9-14(10-8-11)12(6-4-2)13(15)16/h11-12H,3-10H2,1-2H3,(H,15,16). The molecule has 1 atom stereocenters. The van der Waals surface area contributed by atoms with Gasteiger partial charge in [-0.2, -0.15) is 0 Å². The second-order valence-corrected chi connectivity index (χ2v) is 4.91.